The van der Waals surface area contributed by atoms with Crippen LogP contribution in [0.1, 0.15) is 18.1 Å². The largest absolute Gasteiger partial charge is 0.269 e. The summed E-state index contributed by atoms with van der Waals surface area (Å²) in [5.41, 5.74) is 4.74. The van der Waals surface area contributed by atoms with Gasteiger partial charge in [0.25, 0.3) is 5.69 Å². The van der Waals surface area contributed by atoms with Crippen molar-refractivity contribution < 1.29 is 4.92 Å². The number of non-ortho nitro benzene ring substituents is 1. The first-order chi connectivity index (χ1) is 15.0. The Labute approximate surface area is 188 Å². The normalized spacial score (nSPS) is 11.2. The maximum atomic E-state index is 11.0. The topological polar surface area (TPSA) is 68.4 Å². The van der Waals surface area contributed by atoms with Crippen molar-refractivity contribution in [2.75, 3.05) is 0 Å². The zero-order chi connectivity index (χ0) is 21.8. The zero-order valence-electron chi connectivity index (χ0n) is 16.7. The van der Waals surface area contributed by atoms with Crippen LogP contribution in [0.15, 0.2) is 77.8 Å². The van der Waals surface area contributed by atoms with Crippen LogP contribution >= 0.6 is 22.9 Å². The fraction of sp³-hybridized carbons (Fsp3) is 0.0833. The van der Waals surface area contributed by atoms with Crippen molar-refractivity contribution in [3.8, 4) is 21.7 Å². The summed E-state index contributed by atoms with van der Waals surface area (Å²) >= 11 is 7.66. The van der Waals surface area contributed by atoms with Gasteiger partial charge in [-0.25, -0.2) is 9.98 Å². The number of nitro groups is 1. The lowest BCUT2D eigenvalue weighted by Gasteiger charge is -2.04. The Kier molecular flexibility index (Phi) is 6.21. The van der Waals surface area contributed by atoms with Crippen molar-refractivity contribution in [1.29, 1.82) is 0 Å². The predicted octanol–water partition coefficient (Wildman–Crippen LogP) is 7.35. The van der Waals surface area contributed by atoms with E-state index in [1.807, 2.05) is 36.4 Å². The molecule has 0 aliphatic rings. The molecule has 0 atom stereocenters. The van der Waals surface area contributed by atoms with E-state index in [1.165, 1.54) is 29.0 Å². The van der Waals surface area contributed by atoms with Gasteiger partial charge in [0.05, 0.1) is 15.5 Å². The van der Waals surface area contributed by atoms with Crippen molar-refractivity contribution >= 4 is 40.0 Å². The molecule has 3 aromatic carbocycles. The van der Waals surface area contributed by atoms with Crippen LogP contribution in [0, 0.1) is 10.1 Å². The predicted molar refractivity (Wildman–Crippen MR) is 128 cm³/mol. The Bertz CT molecular complexity index is 1250. The lowest BCUT2D eigenvalue weighted by Crippen LogP contribution is -1.88. The maximum absolute atomic E-state index is 11.0. The standard InChI is InChI=1S/C24H18ClN3O2S/c1-2-16-7-9-17(10-8-16)22-23(18-11-13-20(14-12-18)28(29)30)31-24(27-22)26-15-19-5-3-4-6-21(19)25/h3-15H,2H2,1H3. The van der Waals surface area contributed by atoms with Gasteiger partial charge in [-0.15, -0.1) is 0 Å². The van der Waals surface area contributed by atoms with Gasteiger partial charge in [-0.05, 0) is 35.7 Å². The molecule has 4 aromatic rings. The number of nitrogens with zero attached hydrogens (tertiary/aromatic N) is 3. The number of rotatable bonds is 6. The van der Waals surface area contributed by atoms with Crippen LogP contribution in [-0.4, -0.2) is 16.1 Å². The maximum Gasteiger partial charge on any atom is 0.269 e. The lowest BCUT2D eigenvalue weighted by molar-refractivity contribution is -0.384. The van der Waals surface area contributed by atoms with Gasteiger partial charge < -0.3 is 0 Å². The molecule has 0 radical (unpaired) electrons. The number of thiazole rings is 1. The smallest absolute Gasteiger partial charge is 0.258 e. The number of benzene rings is 3. The molecular formula is C24H18ClN3O2S. The molecule has 0 aliphatic carbocycles. The zero-order valence-corrected chi connectivity index (χ0v) is 18.2. The molecule has 0 spiro atoms. The van der Waals surface area contributed by atoms with Gasteiger partial charge >= 0.3 is 0 Å². The number of aryl methyl sites for hydroxylation is 1. The summed E-state index contributed by atoms with van der Waals surface area (Å²) in [6.07, 6.45) is 2.66. The molecule has 5 nitrogen and oxygen atoms in total. The van der Waals surface area contributed by atoms with E-state index in [-0.39, 0.29) is 5.69 Å². The van der Waals surface area contributed by atoms with E-state index in [9.17, 15) is 10.1 Å². The molecule has 1 aromatic heterocycles. The molecule has 0 aliphatic heterocycles. The lowest BCUT2D eigenvalue weighted by atomic mass is 10.0. The van der Waals surface area contributed by atoms with Gasteiger partial charge in [0.1, 0.15) is 0 Å². The molecule has 0 fully saturated rings. The number of halogens is 1. The number of hydrogen-bond acceptors (Lipinski definition) is 5. The molecule has 31 heavy (non-hydrogen) atoms. The highest BCUT2D eigenvalue weighted by Gasteiger charge is 2.16. The summed E-state index contributed by atoms with van der Waals surface area (Å²) in [4.78, 5) is 20.8. The fourth-order valence-corrected chi connectivity index (χ4v) is 4.22. The molecule has 0 saturated heterocycles. The van der Waals surface area contributed by atoms with Crippen molar-refractivity contribution in [3.63, 3.8) is 0 Å². The Morgan fingerprint density at radius 1 is 1.03 bits per heavy atom. The highest BCUT2D eigenvalue weighted by atomic mass is 35.5. The number of hydrogen-bond donors (Lipinski definition) is 0. The summed E-state index contributed by atoms with van der Waals surface area (Å²) in [5, 5.41) is 12.2. The molecule has 0 amide bonds. The second-order valence-electron chi connectivity index (χ2n) is 6.81. The minimum Gasteiger partial charge on any atom is -0.258 e. The molecule has 7 heteroatoms. The number of aromatic nitrogens is 1. The highest BCUT2D eigenvalue weighted by molar-refractivity contribution is 7.19. The number of nitro benzene ring substituents is 1. The number of aliphatic imine (C=N–C) groups is 1. The van der Waals surface area contributed by atoms with Crippen LogP contribution in [0.3, 0.4) is 0 Å². The Hall–Kier alpha value is -3.35. The molecule has 0 bridgehead atoms. The van der Waals surface area contributed by atoms with Crippen molar-refractivity contribution in [3.05, 3.63) is 99.1 Å². The summed E-state index contributed by atoms with van der Waals surface area (Å²) in [7, 11) is 0. The van der Waals surface area contributed by atoms with Crippen LogP contribution in [0.2, 0.25) is 5.02 Å². The summed E-state index contributed by atoms with van der Waals surface area (Å²) in [6.45, 7) is 2.11. The van der Waals surface area contributed by atoms with Crippen LogP contribution < -0.4 is 0 Å². The summed E-state index contributed by atoms with van der Waals surface area (Å²) in [6, 6.07) is 22.2. The molecule has 154 valence electrons. The summed E-state index contributed by atoms with van der Waals surface area (Å²) < 4.78 is 0. The van der Waals surface area contributed by atoms with Gasteiger partial charge in [0, 0.05) is 34.5 Å². The third-order valence-corrected chi connectivity index (χ3v) is 6.17. The van der Waals surface area contributed by atoms with E-state index in [1.54, 1.807) is 18.3 Å². The Morgan fingerprint density at radius 2 is 1.71 bits per heavy atom. The molecule has 1 heterocycles. The fourth-order valence-electron chi connectivity index (χ4n) is 3.09. The van der Waals surface area contributed by atoms with Gasteiger partial charge in [-0.3, -0.25) is 10.1 Å². The molecule has 0 N–H and O–H groups in total. The van der Waals surface area contributed by atoms with E-state index >= 15 is 0 Å². The minimum absolute atomic E-state index is 0.0547. The van der Waals surface area contributed by atoms with Crippen molar-refractivity contribution in [2.45, 2.75) is 13.3 Å². The second kappa shape index (κ2) is 9.20. The molecular weight excluding hydrogens is 430 g/mol. The van der Waals surface area contributed by atoms with E-state index < -0.39 is 4.92 Å². The van der Waals surface area contributed by atoms with Gasteiger partial charge in [-0.1, -0.05) is 72.3 Å². The highest BCUT2D eigenvalue weighted by Crippen LogP contribution is 2.40. The minimum atomic E-state index is -0.403. The van der Waals surface area contributed by atoms with Crippen molar-refractivity contribution in [1.82, 2.24) is 4.98 Å². The van der Waals surface area contributed by atoms with Crippen molar-refractivity contribution in [2.24, 2.45) is 4.99 Å². The SMILES string of the molecule is CCc1ccc(-c2nc(N=Cc3ccccc3Cl)sc2-c2ccc([N+](=O)[O-])cc2)cc1. The monoisotopic (exact) mass is 447 g/mol. The van der Waals surface area contributed by atoms with Crippen LogP contribution in [0.4, 0.5) is 10.8 Å². The van der Waals surface area contributed by atoms with E-state index in [4.69, 9.17) is 16.6 Å². The first-order valence-corrected chi connectivity index (χ1v) is 10.9. The van der Waals surface area contributed by atoms with E-state index in [2.05, 4.69) is 24.0 Å². The van der Waals surface area contributed by atoms with Crippen LogP contribution in [0.25, 0.3) is 21.7 Å². The first kappa shape index (κ1) is 20.9. The Morgan fingerprint density at radius 3 is 2.35 bits per heavy atom. The quantitative estimate of drug-likeness (QED) is 0.176. The second-order valence-corrected chi connectivity index (χ2v) is 8.19. The summed E-state index contributed by atoms with van der Waals surface area (Å²) in [5.74, 6) is 0. The van der Waals surface area contributed by atoms with E-state index in [0.717, 1.165) is 33.7 Å². The van der Waals surface area contributed by atoms with Gasteiger partial charge in [0.2, 0.25) is 5.13 Å². The Balaban J connectivity index is 1.77. The van der Waals surface area contributed by atoms with Crippen LogP contribution in [-0.2, 0) is 6.42 Å². The average Bonchev–Trinajstić information content (AvgIpc) is 3.23. The molecule has 4 rings (SSSR count). The third kappa shape index (κ3) is 4.71. The van der Waals surface area contributed by atoms with Crippen LogP contribution in [0.5, 0.6) is 0 Å². The van der Waals surface area contributed by atoms with Gasteiger partial charge in [-0.2, -0.15) is 0 Å². The van der Waals surface area contributed by atoms with E-state index in [0.29, 0.717) is 10.2 Å². The van der Waals surface area contributed by atoms with Gasteiger partial charge in [0.15, 0.2) is 0 Å². The molecule has 0 unspecified atom stereocenters. The first-order valence-electron chi connectivity index (χ1n) is 9.68. The molecule has 0 saturated carbocycles. The third-order valence-electron chi connectivity index (χ3n) is 4.81. The average molecular weight is 448 g/mol.